The molecule has 1 aromatic heterocycles. The minimum Gasteiger partial charge on any atom is -0.493 e. The number of nitrogens with one attached hydrogen (secondary N) is 2. The average Bonchev–Trinajstić information content (AvgIpc) is 3.30. The van der Waals surface area contributed by atoms with Crippen molar-refractivity contribution in [1.29, 1.82) is 0 Å². The first kappa shape index (κ1) is 21.5. The van der Waals surface area contributed by atoms with Gasteiger partial charge in [0.15, 0.2) is 11.5 Å². The molecule has 0 unspecified atom stereocenters. The molecule has 0 radical (unpaired) electrons. The molecule has 30 heavy (non-hydrogen) atoms. The van der Waals surface area contributed by atoms with Crippen LogP contribution < -0.4 is 20.1 Å². The molecule has 1 saturated heterocycles. The van der Waals surface area contributed by atoms with Crippen LogP contribution in [0.3, 0.4) is 0 Å². The van der Waals surface area contributed by atoms with Crippen LogP contribution in [0.25, 0.3) is 0 Å². The number of urea groups is 1. The van der Waals surface area contributed by atoms with Gasteiger partial charge < -0.3 is 29.4 Å². The molecule has 0 saturated carbocycles. The maximum Gasteiger partial charge on any atom is 0.317 e. The molecule has 2 N–H and O–H groups in total. The Hall–Kier alpha value is -3.16. The van der Waals surface area contributed by atoms with E-state index in [1.165, 1.54) is 0 Å². The summed E-state index contributed by atoms with van der Waals surface area (Å²) in [7, 11) is 3.18. The Morgan fingerprint density at radius 2 is 1.93 bits per heavy atom. The van der Waals surface area contributed by atoms with Crippen molar-refractivity contribution >= 4 is 11.9 Å². The number of piperidine rings is 1. The van der Waals surface area contributed by atoms with Crippen molar-refractivity contribution < 1.29 is 23.5 Å². The first-order valence-electron chi connectivity index (χ1n) is 10.1. The second kappa shape index (κ2) is 10.0. The Balaban J connectivity index is 1.78. The molecule has 2 atom stereocenters. The minimum absolute atomic E-state index is 0.000486. The van der Waals surface area contributed by atoms with Crippen LogP contribution in [0.1, 0.15) is 30.6 Å². The summed E-state index contributed by atoms with van der Waals surface area (Å²) in [5.41, 5.74) is 1.01. The predicted octanol–water partition coefficient (Wildman–Crippen LogP) is 2.75. The van der Waals surface area contributed by atoms with Gasteiger partial charge in [0.05, 0.1) is 32.9 Å². The number of rotatable bonds is 7. The van der Waals surface area contributed by atoms with Crippen LogP contribution in [-0.4, -0.2) is 50.7 Å². The van der Waals surface area contributed by atoms with Crippen molar-refractivity contribution in [2.75, 3.05) is 33.9 Å². The monoisotopic (exact) mass is 415 g/mol. The first-order chi connectivity index (χ1) is 14.5. The molecule has 8 heteroatoms. The van der Waals surface area contributed by atoms with Crippen LogP contribution in [0.15, 0.2) is 41.0 Å². The molecule has 1 aliphatic heterocycles. The smallest absolute Gasteiger partial charge is 0.317 e. The van der Waals surface area contributed by atoms with Crippen LogP contribution in [0.2, 0.25) is 0 Å². The molecule has 3 amide bonds. The Bertz CT molecular complexity index is 852. The van der Waals surface area contributed by atoms with Crippen molar-refractivity contribution in [3.8, 4) is 11.5 Å². The molecular weight excluding hydrogens is 386 g/mol. The molecule has 162 valence electrons. The number of carbonyl (C=O) groups excluding carboxylic acids is 2. The normalized spacial score (nSPS) is 18.6. The van der Waals surface area contributed by atoms with Gasteiger partial charge in [-0.25, -0.2) is 4.79 Å². The van der Waals surface area contributed by atoms with E-state index in [2.05, 4.69) is 10.6 Å². The van der Waals surface area contributed by atoms with E-state index in [1.54, 1.807) is 31.4 Å². The Kier molecular flexibility index (Phi) is 7.21. The zero-order valence-electron chi connectivity index (χ0n) is 17.6. The highest BCUT2D eigenvalue weighted by molar-refractivity contribution is 5.81. The third-order valence-corrected chi connectivity index (χ3v) is 5.33. The maximum absolute atomic E-state index is 12.9. The van der Waals surface area contributed by atoms with E-state index in [9.17, 15) is 9.59 Å². The van der Waals surface area contributed by atoms with Crippen LogP contribution in [0, 0.1) is 5.92 Å². The summed E-state index contributed by atoms with van der Waals surface area (Å²) >= 11 is 0. The van der Waals surface area contributed by atoms with Crippen LogP contribution >= 0.6 is 0 Å². The zero-order chi connectivity index (χ0) is 21.5. The van der Waals surface area contributed by atoms with E-state index in [4.69, 9.17) is 13.9 Å². The Labute approximate surface area is 176 Å². The second-order valence-electron chi connectivity index (χ2n) is 7.28. The van der Waals surface area contributed by atoms with Crippen LogP contribution in [0.5, 0.6) is 11.5 Å². The molecular formula is C22H29N3O5. The molecule has 1 fully saturated rings. The number of hydrogen-bond donors (Lipinski definition) is 2. The van der Waals surface area contributed by atoms with Crippen LogP contribution in [0.4, 0.5) is 4.79 Å². The molecule has 2 heterocycles. The summed E-state index contributed by atoms with van der Waals surface area (Å²) in [5.74, 6) is 1.55. The van der Waals surface area contributed by atoms with E-state index in [0.29, 0.717) is 49.9 Å². The molecule has 0 aliphatic carbocycles. The van der Waals surface area contributed by atoms with Gasteiger partial charge in [0.25, 0.3) is 0 Å². The Morgan fingerprint density at radius 3 is 2.60 bits per heavy atom. The summed E-state index contributed by atoms with van der Waals surface area (Å²) in [6, 6.07) is 9.17. The molecule has 8 nitrogen and oxygen atoms in total. The lowest BCUT2D eigenvalue weighted by atomic mass is 9.84. The van der Waals surface area contributed by atoms with Gasteiger partial charge in [-0.2, -0.15) is 0 Å². The molecule has 1 aliphatic rings. The number of ether oxygens (including phenoxy) is 2. The second-order valence-corrected chi connectivity index (χ2v) is 7.28. The first-order valence-corrected chi connectivity index (χ1v) is 10.1. The van der Waals surface area contributed by atoms with Crippen molar-refractivity contribution in [2.24, 2.45) is 5.92 Å². The number of methoxy groups -OCH3 is 2. The highest BCUT2D eigenvalue weighted by Crippen LogP contribution is 2.35. The lowest BCUT2D eigenvalue weighted by molar-refractivity contribution is -0.126. The fourth-order valence-corrected chi connectivity index (χ4v) is 3.80. The van der Waals surface area contributed by atoms with Gasteiger partial charge in [-0.15, -0.1) is 0 Å². The fraction of sp³-hybridized carbons (Fsp3) is 0.455. The Morgan fingerprint density at radius 1 is 1.13 bits per heavy atom. The summed E-state index contributed by atoms with van der Waals surface area (Å²) in [5, 5.41) is 5.76. The minimum atomic E-state index is -0.325. The maximum atomic E-state index is 12.9. The fourth-order valence-electron chi connectivity index (χ4n) is 3.80. The van der Waals surface area contributed by atoms with E-state index in [1.807, 2.05) is 31.2 Å². The lowest BCUT2D eigenvalue weighted by Gasteiger charge is -2.37. The van der Waals surface area contributed by atoms with Gasteiger partial charge >= 0.3 is 6.03 Å². The van der Waals surface area contributed by atoms with Gasteiger partial charge in [0, 0.05) is 25.6 Å². The third-order valence-electron chi connectivity index (χ3n) is 5.33. The number of furan rings is 1. The highest BCUT2D eigenvalue weighted by Gasteiger charge is 2.34. The lowest BCUT2D eigenvalue weighted by Crippen LogP contribution is -2.51. The van der Waals surface area contributed by atoms with E-state index >= 15 is 0 Å². The summed E-state index contributed by atoms with van der Waals surface area (Å²) in [6.45, 7) is 3.64. The molecule has 1 aromatic carbocycles. The average molecular weight is 415 g/mol. The van der Waals surface area contributed by atoms with Crippen molar-refractivity contribution in [1.82, 2.24) is 15.5 Å². The molecule has 3 rings (SSSR count). The number of benzene rings is 1. The number of nitrogens with zero attached hydrogens (tertiary/aromatic N) is 1. The summed E-state index contributed by atoms with van der Waals surface area (Å²) in [6.07, 6.45) is 2.21. The van der Waals surface area contributed by atoms with E-state index < -0.39 is 0 Å². The molecule has 2 aromatic rings. The molecule has 0 spiro atoms. The SMILES string of the molecule is CCNC(=O)N1C[C@@H](C(=O)NCc2ccco2)C[C@H](c2ccc(OC)c(OC)c2)C1. The number of likely N-dealkylation sites (tertiary alicyclic amines) is 1. The van der Waals surface area contributed by atoms with Gasteiger partial charge in [-0.1, -0.05) is 6.07 Å². The largest absolute Gasteiger partial charge is 0.493 e. The van der Waals surface area contributed by atoms with E-state index in [0.717, 1.165) is 5.56 Å². The molecule has 0 bridgehead atoms. The number of hydrogen-bond acceptors (Lipinski definition) is 5. The van der Waals surface area contributed by atoms with Crippen molar-refractivity contribution in [3.05, 3.63) is 47.9 Å². The van der Waals surface area contributed by atoms with E-state index in [-0.39, 0.29) is 23.8 Å². The van der Waals surface area contributed by atoms with Gasteiger partial charge in [-0.05, 0) is 43.2 Å². The zero-order valence-corrected chi connectivity index (χ0v) is 17.6. The number of carbonyl (C=O) groups is 2. The van der Waals surface area contributed by atoms with Gasteiger partial charge in [0.2, 0.25) is 5.91 Å². The summed E-state index contributed by atoms with van der Waals surface area (Å²) < 4.78 is 16.0. The topological polar surface area (TPSA) is 93.0 Å². The summed E-state index contributed by atoms with van der Waals surface area (Å²) in [4.78, 5) is 27.1. The van der Waals surface area contributed by atoms with Gasteiger partial charge in [0.1, 0.15) is 5.76 Å². The van der Waals surface area contributed by atoms with Gasteiger partial charge in [-0.3, -0.25) is 4.79 Å². The highest BCUT2D eigenvalue weighted by atomic mass is 16.5. The predicted molar refractivity (Wildman–Crippen MR) is 112 cm³/mol. The number of amides is 3. The quantitative estimate of drug-likeness (QED) is 0.725. The standard InChI is InChI=1S/C22H29N3O5/c1-4-23-22(27)25-13-16(15-7-8-19(28-2)20(11-15)29-3)10-17(14-25)21(26)24-12-18-6-5-9-30-18/h5-9,11,16-17H,4,10,12-14H2,1-3H3,(H,23,27)(H,24,26)/t16-,17-/m0/s1. The third kappa shape index (κ3) is 5.06. The van der Waals surface area contributed by atoms with Crippen molar-refractivity contribution in [2.45, 2.75) is 25.8 Å². The van der Waals surface area contributed by atoms with Crippen LogP contribution in [-0.2, 0) is 11.3 Å². The van der Waals surface area contributed by atoms with Crippen molar-refractivity contribution in [3.63, 3.8) is 0 Å².